The van der Waals surface area contributed by atoms with Crippen LogP contribution in [-0.2, 0) is 4.74 Å². The van der Waals surface area contributed by atoms with Gasteiger partial charge < -0.3 is 15.0 Å². The summed E-state index contributed by atoms with van der Waals surface area (Å²) in [5.41, 5.74) is -0.424. The molecule has 0 radical (unpaired) electrons. The first kappa shape index (κ1) is 15.3. The monoisotopic (exact) mass is 296 g/mol. The van der Waals surface area contributed by atoms with Crippen molar-refractivity contribution < 1.29 is 9.53 Å². The Morgan fingerprint density at radius 1 is 1.55 bits per heavy atom. The van der Waals surface area contributed by atoms with Gasteiger partial charge in [-0.15, -0.1) is 11.3 Å². The predicted molar refractivity (Wildman–Crippen MR) is 82.1 cm³/mol. The SMILES string of the molecule is C[C@H](N[C@@H]1CCN(C(=O)OC(C)(C)C)C1)c1cccs1. The van der Waals surface area contributed by atoms with Crippen molar-refractivity contribution in [1.29, 1.82) is 0 Å². The number of carbonyl (C=O) groups is 1. The van der Waals surface area contributed by atoms with Gasteiger partial charge in [-0.1, -0.05) is 6.07 Å². The van der Waals surface area contributed by atoms with Crippen molar-refractivity contribution >= 4 is 17.4 Å². The van der Waals surface area contributed by atoms with E-state index in [-0.39, 0.29) is 6.09 Å². The van der Waals surface area contributed by atoms with Crippen molar-refractivity contribution in [3.05, 3.63) is 22.4 Å². The van der Waals surface area contributed by atoms with Crippen molar-refractivity contribution in [1.82, 2.24) is 10.2 Å². The molecule has 0 aromatic carbocycles. The van der Waals surface area contributed by atoms with Crippen LogP contribution in [0.3, 0.4) is 0 Å². The molecule has 2 rings (SSSR count). The van der Waals surface area contributed by atoms with E-state index in [0.717, 1.165) is 19.5 Å². The summed E-state index contributed by atoms with van der Waals surface area (Å²) in [4.78, 5) is 15.1. The lowest BCUT2D eigenvalue weighted by Gasteiger charge is -2.25. The minimum atomic E-state index is -0.424. The summed E-state index contributed by atoms with van der Waals surface area (Å²) >= 11 is 1.76. The number of amides is 1. The molecule has 1 saturated heterocycles. The second kappa shape index (κ2) is 6.14. The van der Waals surface area contributed by atoms with Crippen LogP contribution in [0, 0.1) is 0 Å². The average Bonchev–Trinajstić information content (AvgIpc) is 2.97. The maximum Gasteiger partial charge on any atom is 0.410 e. The molecule has 0 spiro atoms. The third-order valence-electron chi connectivity index (χ3n) is 3.30. The maximum absolute atomic E-state index is 12.0. The zero-order valence-electron chi connectivity index (χ0n) is 12.7. The van der Waals surface area contributed by atoms with Crippen LogP contribution in [0.4, 0.5) is 4.79 Å². The summed E-state index contributed by atoms with van der Waals surface area (Å²) in [6.07, 6.45) is 0.778. The minimum Gasteiger partial charge on any atom is -0.444 e. The quantitative estimate of drug-likeness (QED) is 0.929. The van der Waals surface area contributed by atoms with Crippen LogP contribution in [-0.4, -0.2) is 35.7 Å². The van der Waals surface area contributed by atoms with Gasteiger partial charge in [0.1, 0.15) is 5.60 Å². The fourth-order valence-electron chi connectivity index (χ4n) is 2.36. The minimum absolute atomic E-state index is 0.203. The number of likely N-dealkylation sites (tertiary alicyclic amines) is 1. The highest BCUT2D eigenvalue weighted by molar-refractivity contribution is 7.10. The van der Waals surface area contributed by atoms with Crippen LogP contribution in [0.5, 0.6) is 0 Å². The molecule has 2 atom stereocenters. The molecule has 5 heteroatoms. The topological polar surface area (TPSA) is 41.6 Å². The molecule has 1 amide bonds. The van der Waals surface area contributed by atoms with Crippen LogP contribution < -0.4 is 5.32 Å². The molecular weight excluding hydrogens is 272 g/mol. The first-order chi connectivity index (χ1) is 9.35. The Kier molecular flexibility index (Phi) is 4.70. The third kappa shape index (κ3) is 4.21. The van der Waals surface area contributed by atoms with E-state index in [2.05, 4.69) is 29.8 Å². The lowest BCUT2D eigenvalue weighted by Crippen LogP contribution is -2.38. The van der Waals surface area contributed by atoms with Crippen molar-refractivity contribution in [2.45, 2.75) is 51.8 Å². The van der Waals surface area contributed by atoms with Gasteiger partial charge in [-0.25, -0.2) is 4.79 Å². The van der Waals surface area contributed by atoms with Gasteiger partial charge in [0, 0.05) is 30.1 Å². The number of nitrogens with zero attached hydrogens (tertiary/aromatic N) is 1. The van der Waals surface area contributed by atoms with Gasteiger partial charge in [-0.3, -0.25) is 0 Å². The molecule has 20 heavy (non-hydrogen) atoms. The summed E-state index contributed by atoms with van der Waals surface area (Å²) in [6, 6.07) is 4.89. The van der Waals surface area contributed by atoms with E-state index in [1.54, 1.807) is 16.2 Å². The number of hydrogen-bond acceptors (Lipinski definition) is 4. The molecule has 0 bridgehead atoms. The lowest BCUT2D eigenvalue weighted by atomic mass is 10.2. The standard InChI is InChI=1S/C15H24N2O2S/c1-11(13-6-5-9-20-13)16-12-7-8-17(10-12)14(18)19-15(2,3)4/h5-6,9,11-12,16H,7-8,10H2,1-4H3/t11-,12+/m0/s1. The molecule has 1 fully saturated rings. The Bertz CT molecular complexity index is 439. The fraction of sp³-hybridized carbons (Fsp3) is 0.667. The van der Waals surface area contributed by atoms with E-state index >= 15 is 0 Å². The van der Waals surface area contributed by atoms with Crippen LogP contribution in [0.1, 0.15) is 45.0 Å². The zero-order valence-corrected chi connectivity index (χ0v) is 13.5. The molecule has 2 heterocycles. The molecule has 1 N–H and O–H groups in total. The van der Waals surface area contributed by atoms with Crippen LogP contribution in [0.2, 0.25) is 0 Å². The molecule has 1 aromatic rings. The molecule has 4 nitrogen and oxygen atoms in total. The number of carbonyl (C=O) groups excluding carboxylic acids is 1. The highest BCUT2D eigenvalue weighted by Crippen LogP contribution is 2.21. The maximum atomic E-state index is 12.0. The molecule has 0 aliphatic carbocycles. The summed E-state index contributed by atoms with van der Waals surface area (Å²) in [5, 5.41) is 5.68. The number of ether oxygens (including phenoxy) is 1. The fourth-order valence-corrected chi connectivity index (χ4v) is 3.11. The van der Waals surface area contributed by atoms with E-state index in [1.165, 1.54) is 4.88 Å². The summed E-state index contributed by atoms with van der Waals surface area (Å²) < 4.78 is 5.41. The predicted octanol–water partition coefficient (Wildman–Crippen LogP) is 3.41. The number of hydrogen-bond donors (Lipinski definition) is 1. The van der Waals surface area contributed by atoms with E-state index in [1.807, 2.05) is 20.8 Å². The van der Waals surface area contributed by atoms with E-state index in [9.17, 15) is 4.79 Å². The van der Waals surface area contributed by atoms with Crippen molar-refractivity contribution in [3.8, 4) is 0 Å². The molecule has 0 saturated carbocycles. The molecular formula is C15H24N2O2S. The van der Waals surface area contributed by atoms with E-state index in [0.29, 0.717) is 12.1 Å². The van der Waals surface area contributed by atoms with Crippen LogP contribution >= 0.6 is 11.3 Å². The van der Waals surface area contributed by atoms with E-state index < -0.39 is 5.60 Å². The molecule has 1 aromatic heterocycles. The molecule has 1 aliphatic rings. The van der Waals surface area contributed by atoms with Crippen LogP contribution in [0.15, 0.2) is 17.5 Å². The second-order valence-corrected chi connectivity index (χ2v) is 7.30. The average molecular weight is 296 g/mol. The van der Waals surface area contributed by atoms with Gasteiger partial charge in [0.25, 0.3) is 0 Å². The molecule has 1 aliphatic heterocycles. The smallest absolute Gasteiger partial charge is 0.410 e. The van der Waals surface area contributed by atoms with Gasteiger partial charge >= 0.3 is 6.09 Å². The van der Waals surface area contributed by atoms with Gasteiger partial charge in [0.2, 0.25) is 0 Å². The lowest BCUT2D eigenvalue weighted by molar-refractivity contribution is 0.0290. The number of nitrogens with one attached hydrogen (secondary N) is 1. The first-order valence-electron chi connectivity index (χ1n) is 7.12. The molecule has 0 unspecified atom stereocenters. The van der Waals surface area contributed by atoms with Crippen molar-refractivity contribution in [2.75, 3.05) is 13.1 Å². The summed E-state index contributed by atoms with van der Waals surface area (Å²) in [6.45, 7) is 9.36. The van der Waals surface area contributed by atoms with Gasteiger partial charge in [-0.05, 0) is 45.6 Å². The Hall–Kier alpha value is -1.07. The Morgan fingerprint density at radius 2 is 2.30 bits per heavy atom. The van der Waals surface area contributed by atoms with Gasteiger partial charge in [-0.2, -0.15) is 0 Å². The molecule has 112 valence electrons. The van der Waals surface area contributed by atoms with Gasteiger partial charge in [0.05, 0.1) is 0 Å². The van der Waals surface area contributed by atoms with Crippen LogP contribution in [0.25, 0.3) is 0 Å². The third-order valence-corrected chi connectivity index (χ3v) is 4.35. The highest BCUT2D eigenvalue weighted by Gasteiger charge is 2.30. The normalized spacial score (nSPS) is 21.0. The Labute approximate surface area is 125 Å². The Balaban J connectivity index is 1.82. The largest absolute Gasteiger partial charge is 0.444 e. The summed E-state index contributed by atoms with van der Waals surface area (Å²) in [5.74, 6) is 0. The summed E-state index contributed by atoms with van der Waals surface area (Å²) in [7, 11) is 0. The highest BCUT2D eigenvalue weighted by atomic mass is 32.1. The number of thiophene rings is 1. The zero-order chi connectivity index (χ0) is 14.8. The van der Waals surface area contributed by atoms with E-state index in [4.69, 9.17) is 4.74 Å². The van der Waals surface area contributed by atoms with Crippen molar-refractivity contribution in [3.63, 3.8) is 0 Å². The second-order valence-electron chi connectivity index (χ2n) is 6.32. The first-order valence-corrected chi connectivity index (χ1v) is 8.00. The Morgan fingerprint density at radius 3 is 2.90 bits per heavy atom. The van der Waals surface area contributed by atoms with Crippen molar-refractivity contribution in [2.24, 2.45) is 0 Å². The van der Waals surface area contributed by atoms with Gasteiger partial charge in [0.15, 0.2) is 0 Å². The number of rotatable bonds is 3.